The van der Waals surface area contributed by atoms with E-state index in [0.29, 0.717) is 30.3 Å². The lowest BCUT2D eigenvalue weighted by atomic mass is 10.0. The Morgan fingerprint density at radius 2 is 2.10 bits per heavy atom. The zero-order valence-electron chi connectivity index (χ0n) is 11.4. The van der Waals surface area contributed by atoms with E-state index in [9.17, 15) is 4.39 Å². The standard InChI is InChI=1S/C16H19FO3/c17-15-9-14(3-1-2-6-18)10-16(11-15)20-12-13-4-7-19-8-5-13/h9-11,13,18H,2,4-8,12H2. The van der Waals surface area contributed by atoms with Gasteiger partial charge in [-0.1, -0.05) is 11.8 Å². The third kappa shape index (κ3) is 4.84. The number of benzene rings is 1. The van der Waals surface area contributed by atoms with Crippen molar-refractivity contribution in [3.05, 3.63) is 29.6 Å². The van der Waals surface area contributed by atoms with E-state index >= 15 is 0 Å². The molecule has 1 N–H and O–H groups in total. The summed E-state index contributed by atoms with van der Waals surface area (Å²) in [6.45, 7) is 2.13. The van der Waals surface area contributed by atoms with E-state index in [4.69, 9.17) is 14.6 Å². The molecular weight excluding hydrogens is 259 g/mol. The van der Waals surface area contributed by atoms with Crippen molar-refractivity contribution in [2.24, 2.45) is 5.92 Å². The molecule has 2 rings (SSSR count). The maximum absolute atomic E-state index is 13.5. The van der Waals surface area contributed by atoms with Gasteiger partial charge >= 0.3 is 0 Å². The first-order valence-electron chi connectivity index (χ1n) is 6.89. The van der Waals surface area contributed by atoms with Crippen molar-refractivity contribution in [2.75, 3.05) is 26.4 Å². The van der Waals surface area contributed by atoms with Crippen molar-refractivity contribution in [1.82, 2.24) is 0 Å². The Hall–Kier alpha value is -1.57. The smallest absolute Gasteiger partial charge is 0.128 e. The molecule has 0 amide bonds. The molecule has 3 nitrogen and oxygen atoms in total. The molecule has 1 aromatic rings. The molecule has 1 heterocycles. The fourth-order valence-corrected chi connectivity index (χ4v) is 2.07. The molecular formula is C16H19FO3. The molecule has 1 aromatic carbocycles. The third-order valence-corrected chi connectivity index (χ3v) is 3.17. The van der Waals surface area contributed by atoms with Crippen molar-refractivity contribution in [3.63, 3.8) is 0 Å². The molecule has 0 radical (unpaired) electrons. The summed E-state index contributed by atoms with van der Waals surface area (Å²) in [4.78, 5) is 0. The number of hydrogen-bond donors (Lipinski definition) is 1. The van der Waals surface area contributed by atoms with Crippen LogP contribution in [0.1, 0.15) is 24.8 Å². The second-order valence-corrected chi connectivity index (χ2v) is 4.82. The maximum atomic E-state index is 13.5. The highest BCUT2D eigenvalue weighted by molar-refractivity contribution is 5.40. The minimum absolute atomic E-state index is 0.00935. The molecule has 0 saturated carbocycles. The molecule has 1 saturated heterocycles. The summed E-state index contributed by atoms with van der Waals surface area (Å²) in [5, 5.41) is 8.67. The van der Waals surface area contributed by atoms with Gasteiger partial charge in [0, 0.05) is 31.3 Å². The summed E-state index contributed by atoms with van der Waals surface area (Å²) in [5.74, 6) is 6.20. The van der Waals surface area contributed by atoms with Crippen molar-refractivity contribution in [1.29, 1.82) is 0 Å². The summed E-state index contributed by atoms with van der Waals surface area (Å²) >= 11 is 0. The van der Waals surface area contributed by atoms with Crippen molar-refractivity contribution < 1.29 is 19.0 Å². The molecule has 1 aliphatic rings. The first-order valence-corrected chi connectivity index (χ1v) is 6.89. The van der Waals surface area contributed by atoms with Crippen LogP contribution in [0.15, 0.2) is 18.2 Å². The minimum atomic E-state index is -0.359. The zero-order chi connectivity index (χ0) is 14.2. The van der Waals surface area contributed by atoms with E-state index in [1.807, 2.05) is 0 Å². The number of halogens is 1. The fourth-order valence-electron chi connectivity index (χ4n) is 2.07. The minimum Gasteiger partial charge on any atom is -0.493 e. The van der Waals surface area contributed by atoms with Gasteiger partial charge in [-0.2, -0.15) is 0 Å². The number of aliphatic hydroxyl groups is 1. The quantitative estimate of drug-likeness (QED) is 0.859. The average Bonchev–Trinajstić information content (AvgIpc) is 2.46. The van der Waals surface area contributed by atoms with E-state index in [1.54, 1.807) is 6.07 Å². The predicted molar refractivity (Wildman–Crippen MR) is 74.0 cm³/mol. The molecule has 4 heteroatoms. The highest BCUT2D eigenvalue weighted by atomic mass is 19.1. The Bertz CT molecular complexity index is 484. The van der Waals surface area contributed by atoms with Crippen LogP contribution in [0.4, 0.5) is 4.39 Å². The van der Waals surface area contributed by atoms with Gasteiger partial charge in [-0.25, -0.2) is 4.39 Å². The van der Waals surface area contributed by atoms with Gasteiger partial charge in [0.05, 0.1) is 13.2 Å². The number of aliphatic hydroxyl groups excluding tert-OH is 1. The largest absolute Gasteiger partial charge is 0.493 e. The van der Waals surface area contributed by atoms with Crippen molar-refractivity contribution >= 4 is 0 Å². The average molecular weight is 278 g/mol. The molecule has 0 aromatic heterocycles. The van der Waals surface area contributed by atoms with Crippen LogP contribution in [-0.2, 0) is 4.74 Å². The Morgan fingerprint density at radius 1 is 1.30 bits per heavy atom. The molecule has 1 fully saturated rings. The van der Waals surface area contributed by atoms with Crippen LogP contribution < -0.4 is 4.74 Å². The van der Waals surface area contributed by atoms with Gasteiger partial charge in [0.2, 0.25) is 0 Å². The van der Waals surface area contributed by atoms with Gasteiger partial charge in [-0.15, -0.1) is 0 Å². The van der Waals surface area contributed by atoms with Crippen LogP contribution in [0.3, 0.4) is 0 Å². The Balaban J connectivity index is 1.95. The second-order valence-electron chi connectivity index (χ2n) is 4.82. The Labute approximate surface area is 118 Å². The Morgan fingerprint density at radius 3 is 2.85 bits per heavy atom. The summed E-state index contributed by atoms with van der Waals surface area (Å²) in [6, 6.07) is 4.47. The van der Waals surface area contributed by atoms with Crippen molar-refractivity contribution in [3.8, 4) is 17.6 Å². The van der Waals surface area contributed by atoms with Crippen LogP contribution in [0.5, 0.6) is 5.75 Å². The molecule has 0 bridgehead atoms. The highest BCUT2D eigenvalue weighted by Gasteiger charge is 2.14. The summed E-state index contributed by atoms with van der Waals surface area (Å²) in [6.07, 6.45) is 2.35. The molecule has 0 atom stereocenters. The number of ether oxygens (including phenoxy) is 2. The van der Waals surface area contributed by atoms with E-state index in [2.05, 4.69) is 11.8 Å². The van der Waals surface area contributed by atoms with Crippen LogP contribution in [-0.4, -0.2) is 31.5 Å². The summed E-state index contributed by atoms with van der Waals surface area (Å²) < 4.78 is 24.4. The predicted octanol–water partition coefficient (Wildman–Crippen LogP) is 2.37. The SMILES string of the molecule is OCCC#Cc1cc(F)cc(OCC2CCOCC2)c1. The van der Waals surface area contributed by atoms with Crippen LogP contribution >= 0.6 is 0 Å². The van der Waals surface area contributed by atoms with Gasteiger partial charge in [0.1, 0.15) is 11.6 Å². The molecule has 0 unspecified atom stereocenters. The van der Waals surface area contributed by atoms with E-state index in [0.717, 1.165) is 26.1 Å². The maximum Gasteiger partial charge on any atom is 0.128 e. The highest BCUT2D eigenvalue weighted by Crippen LogP contribution is 2.20. The van der Waals surface area contributed by atoms with Gasteiger partial charge in [-0.3, -0.25) is 0 Å². The molecule has 1 aliphatic heterocycles. The summed E-state index contributed by atoms with van der Waals surface area (Å²) in [7, 11) is 0. The van der Waals surface area contributed by atoms with Crippen LogP contribution in [0.2, 0.25) is 0 Å². The van der Waals surface area contributed by atoms with Crippen LogP contribution in [0.25, 0.3) is 0 Å². The summed E-state index contributed by atoms with van der Waals surface area (Å²) in [5.41, 5.74) is 0.570. The van der Waals surface area contributed by atoms with Gasteiger partial charge in [-0.05, 0) is 30.9 Å². The molecule has 0 aliphatic carbocycles. The van der Waals surface area contributed by atoms with Gasteiger partial charge in [0.15, 0.2) is 0 Å². The molecule has 20 heavy (non-hydrogen) atoms. The van der Waals surface area contributed by atoms with Gasteiger partial charge < -0.3 is 14.6 Å². The Kier molecular flexibility index (Phi) is 5.85. The third-order valence-electron chi connectivity index (χ3n) is 3.17. The van der Waals surface area contributed by atoms with E-state index < -0.39 is 0 Å². The lowest BCUT2D eigenvalue weighted by Gasteiger charge is -2.22. The fraction of sp³-hybridized carbons (Fsp3) is 0.500. The topological polar surface area (TPSA) is 38.7 Å². The van der Waals surface area contributed by atoms with Crippen LogP contribution in [0, 0.1) is 23.6 Å². The molecule has 0 spiro atoms. The first kappa shape index (κ1) is 14.8. The van der Waals surface area contributed by atoms with Crippen molar-refractivity contribution in [2.45, 2.75) is 19.3 Å². The number of rotatable bonds is 4. The zero-order valence-corrected chi connectivity index (χ0v) is 11.4. The number of hydrogen-bond acceptors (Lipinski definition) is 3. The molecule has 108 valence electrons. The first-order chi connectivity index (χ1) is 9.78. The lowest BCUT2D eigenvalue weighted by molar-refractivity contribution is 0.0497. The lowest BCUT2D eigenvalue weighted by Crippen LogP contribution is -2.21. The second kappa shape index (κ2) is 7.88. The van der Waals surface area contributed by atoms with Gasteiger partial charge in [0.25, 0.3) is 0 Å². The normalized spacial score (nSPS) is 15.5. The monoisotopic (exact) mass is 278 g/mol. The van der Waals surface area contributed by atoms with E-state index in [1.165, 1.54) is 12.1 Å². The van der Waals surface area contributed by atoms with E-state index in [-0.39, 0.29) is 12.4 Å².